The average molecular weight is 372 g/mol. The first-order valence-corrected chi connectivity index (χ1v) is 8.77. The summed E-state index contributed by atoms with van der Waals surface area (Å²) in [6.07, 6.45) is 0. The Kier molecular flexibility index (Phi) is 6.93. The van der Waals surface area contributed by atoms with Gasteiger partial charge in [0.05, 0.1) is 0 Å². The van der Waals surface area contributed by atoms with Crippen LogP contribution in [0.3, 0.4) is 0 Å². The van der Waals surface area contributed by atoms with E-state index >= 15 is 0 Å². The molecule has 0 radical (unpaired) electrons. The Morgan fingerprint density at radius 3 is 2.41 bits per heavy atom. The summed E-state index contributed by atoms with van der Waals surface area (Å²) < 4.78 is 18.8. The van der Waals surface area contributed by atoms with Crippen LogP contribution < -0.4 is 10.1 Å². The third kappa shape index (κ3) is 5.54. The number of hydrogen-bond acceptors (Lipinski definition) is 3. The number of rotatable bonds is 7. The van der Waals surface area contributed by atoms with Gasteiger partial charge in [-0.15, -0.1) is 0 Å². The average Bonchev–Trinajstić information content (AvgIpc) is 2.65. The summed E-state index contributed by atoms with van der Waals surface area (Å²) in [6, 6.07) is 10.9. The number of likely N-dealkylation sites (N-methyl/N-ethyl adjacent to an activating group) is 1. The van der Waals surface area contributed by atoms with E-state index in [1.54, 1.807) is 19.1 Å². The molecule has 27 heavy (non-hydrogen) atoms. The Balaban J connectivity index is 2.14. The summed E-state index contributed by atoms with van der Waals surface area (Å²) in [4.78, 5) is 26.3. The van der Waals surface area contributed by atoms with Crippen LogP contribution in [-0.4, -0.2) is 36.4 Å². The molecular formula is C21H25FN2O3. The molecule has 6 heteroatoms. The van der Waals surface area contributed by atoms with Gasteiger partial charge < -0.3 is 15.0 Å². The van der Waals surface area contributed by atoms with Crippen molar-refractivity contribution in [3.05, 3.63) is 65.0 Å². The number of carbonyl (C=O) groups excluding carboxylic acids is 2. The van der Waals surface area contributed by atoms with Crippen molar-refractivity contribution in [3.63, 3.8) is 0 Å². The molecule has 0 aromatic heterocycles. The minimum atomic E-state index is -0.685. The second-order valence-electron chi connectivity index (χ2n) is 6.50. The number of nitrogens with one attached hydrogen (secondary N) is 1. The summed E-state index contributed by atoms with van der Waals surface area (Å²) in [5, 5.41) is 2.55. The fraction of sp³-hybridized carbons (Fsp3) is 0.333. The number of amides is 2. The zero-order chi connectivity index (χ0) is 20.0. The zero-order valence-electron chi connectivity index (χ0n) is 16.1. The van der Waals surface area contributed by atoms with Gasteiger partial charge in [-0.25, -0.2) is 4.39 Å². The van der Waals surface area contributed by atoms with Crippen LogP contribution in [0.4, 0.5) is 4.39 Å². The Morgan fingerprint density at radius 2 is 1.81 bits per heavy atom. The van der Waals surface area contributed by atoms with Gasteiger partial charge in [0.2, 0.25) is 5.91 Å². The minimum absolute atomic E-state index is 0.184. The lowest BCUT2D eigenvalue weighted by molar-refractivity contribution is -0.142. The minimum Gasteiger partial charge on any atom is -0.483 e. The fourth-order valence-corrected chi connectivity index (χ4v) is 2.76. The van der Waals surface area contributed by atoms with E-state index < -0.39 is 6.04 Å². The molecule has 1 atom stereocenters. The molecule has 0 saturated heterocycles. The van der Waals surface area contributed by atoms with Crippen LogP contribution in [0.5, 0.6) is 5.75 Å². The Labute approximate surface area is 159 Å². The van der Waals surface area contributed by atoms with Crippen LogP contribution in [0, 0.1) is 19.7 Å². The summed E-state index contributed by atoms with van der Waals surface area (Å²) in [6.45, 7) is 5.54. The lowest BCUT2D eigenvalue weighted by Gasteiger charge is -2.28. The predicted octanol–water partition coefficient (Wildman–Crippen LogP) is 2.98. The maximum Gasteiger partial charge on any atom is 0.261 e. The summed E-state index contributed by atoms with van der Waals surface area (Å²) >= 11 is 0. The highest BCUT2D eigenvalue weighted by atomic mass is 19.1. The topological polar surface area (TPSA) is 58.6 Å². The normalized spacial score (nSPS) is 11.6. The number of benzene rings is 2. The Morgan fingerprint density at radius 1 is 1.15 bits per heavy atom. The van der Waals surface area contributed by atoms with Crippen molar-refractivity contribution in [2.24, 2.45) is 0 Å². The Bertz CT molecular complexity index is 806. The van der Waals surface area contributed by atoms with Gasteiger partial charge in [-0.05, 0) is 50.1 Å². The molecule has 0 aliphatic rings. The van der Waals surface area contributed by atoms with Crippen molar-refractivity contribution in [2.75, 3.05) is 13.7 Å². The van der Waals surface area contributed by atoms with Crippen LogP contribution >= 0.6 is 0 Å². The number of aryl methyl sites for hydroxylation is 2. The highest BCUT2D eigenvalue weighted by Crippen LogP contribution is 2.19. The van der Waals surface area contributed by atoms with E-state index in [4.69, 9.17) is 4.74 Å². The van der Waals surface area contributed by atoms with Gasteiger partial charge in [0.25, 0.3) is 5.91 Å². The molecule has 0 aliphatic heterocycles. The van der Waals surface area contributed by atoms with E-state index in [9.17, 15) is 14.0 Å². The molecule has 144 valence electrons. The van der Waals surface area contributed by atoms with Gasteiger partial charge in [0.1, 0.15) is 17.6 Å². The van der Waals surface area contributed by atoms with Crippen LogP contribution in [0.2, 0.25) is 0 Å². The molecule has 2 rings (SSSR count). The number of carbonyl (C=O) groups is 2. The molecule has 0 aliphatic carbocycles. The molecule has 0 heterocycles. The van der Waals surface area contributed by atoms with Crippen molar-refractivity contribution >= 4 is 11.8 Å². The molecule has 5 nitrogen and oxygen atoms in total. The van der Waals surface area contributed by atoms with E-state index in [2.05, 4.69) is 5.32 Å². The third-order valence-electron chi connectivity index (χ3n) is 4.36. The maximum absolute atomic E-state index is 13.1. The van der Waals surface area contributed by atoms with Crippen molar-refractivity contribution in [1.82, 2.24) is 10.2 Å². The van der Waals surface area contributed by atoms with Crippen molar-refractivity contribution < 1.29 is 18.7 Å². The highest BCUT2D eigenvalue weighted by molar-refractivity contribution is 5.87. The first-order valence-electron chi connectivity index (χ1n) is 8.77. The van der Waals surface area contributed by atoms with E-state index in [1.165, 1.54) is 24.1 Å². The van der Waals surface area contributed by atoms with E-state index in [-0.39, 0.29) is 30.8 Å². The van der Waals surface area contributed by atoms with E-state index in [0.29, 0.717) is 5.75 Å². The Hall–Kier alpha value is -2.89. The SMILES string of the molecule is CNC(=O)C(C)N(Cc1ccc(F)cc1)C(=O)COc1ccc(C)cc1C. The number of nitrogens with zero attached hydrogens (tertiary/aromatic N) is 1. The number of halogens is 1. The quantitative estimate of drug-likeness (QED) is 0.813. The third-order valence-corrected chi connectivity index (χ3v) is 4.36. The van der Waals surface area contributed by atoms with Gasteiger partial charge in [-0.2, -0.15) is 0 Å². The van der Waals surface area contributed by atoms with Gasteiger partial charge >= 0.3 is 0 Å². The van der Waals surface area contributed by atoms with E-state index in [1.807, 2.05) is 32.0 Å². The molecule has 0 spiro atoms. The molecule has 1 unspecified atom stereocenters. The second-order valence-corrected chi connectivity index (χ2v) is 6.50. The smallest absolute Gasteiger partial charge is 0.261 e. The molecule has 0 fully saturated rings. The van der Waals surface area contributed by atoms with Crippen LogP contribution in [0.25, 0.3) is 0 Å². The first kappa shape index (κ1) is 20.4. The standard InChI is InChI=1S/C21H25FN2O3/c1-14-5-10-19(15(2)11-14)27-13-20(25)24(16(3)21(26)23-4)12-17-6-8-18(22)9-7-17/h5-11,16H,12-13H2,1-4H3,(H,23,26). The van der Waals surface area contributed by atoms with Crippen LogP contribution in [0.15, 0.2) is 42.5 Å². The van der Waals surface area contributed by atoms with E-state index in [0.717, 1.165) is 16.7 Å². The van der Waals surface area contributed by atoms with Gasteiger partial charge in [0, 0.05) is 13.6 Å². The molecular weight excluding hydrogens is 347 g/mol. The lowest BCUT2D eigenvalue weighted by Crippen LogP contribution is -2.48. The van der Waals surface area contributed by atoms with Gasteiger partial charge in [-0.3, -0.25) is 9.59 Å². The predicted molar refractivity (Wildman–Crippen MR) is 102 cm³/mol. The van der Waals surface area contributed by atoms with Gasteiger partial charge in [-0.1, -0.05) is 29.8 Å². The maximum atomic E-state index is 13.1. The lowest BCUT2D eigenvalue weighted by atomic mass is 10.1. The number of hydrogen-bond donors (Lipinski definition) is 1. The van der Waals surface area contributed by atoms with Gasteiger partial charge in [0.15, 0.2) is 6.61 Å². The summed E-state index contributed by atoms with van der Waals surface area (Å²) in [5.41, 5.74) is 2.77. The zero-order valence-corrected chi connectivity index (χ0v) is 16.1. The molecule has 2 aromatic carbocycles. The van der Waals surface area contributed by atoms with Crippen molar-refractivity contribution in [3.8, 4) is 5.75 Å². The molecule has 0 saturated carbocycles. The fourth-order valence-electron chi connectivity index (χ4n) is 2.76. The summed E-state index contributed by atoms with van der Waals surface area (Å²) in [7, 11) is 1.52. The summed E-state index contributed by atoms with van der Waals surface area (Å²) in [5.74, 6) is -0.329. The molecule has 2 amide bonds. The molecule has 2 aromatic rings. The highest BCUT2D eigenvalue weighted by Gasteiger charge is 2.26. The molecule has 0 bridgehead atoms. The first-order chi connectivity index (χ1) is 12.8. The van der Waals surface area contributed by atoms with Crippen LogP contribution in [-0.2, 0) is 16.1 Å². The second kappa shape index (κ2) is 9.16. The number of ether oxygens (including phenoxy) is 1. The van der Waals surface area contributed by atoms with Crippen LogP contribution in [0.1, 0.15) is 23.6 Å². The monoisotopic (exact) mass is 372 g/mol. The van der Waals surface area contributed by atoms with Crippen molar-refractivity contribution in [2.45, 2.75) is 33.4 Å². The largest absolute Gasteiger partial charge is 0.483 e. The molecule has 1 N–H and O–H groups in total. The van der Waals surface area contributed by atoms with Crippen molar-refractivity contribution in [1.29, 1.82) is 0 Å².